The van der Waals surface area contributed by atoms with E-state index in [0.717, 1.165) is 0 Å². The van der Waals surface area contributed by atoms with E-state index in [1.807, 2.05) is 0 Å². The Kier molecular flexibility index (Phi) is 2.72. The second-order valence-corrected chi connectivity index (χ2v) is 2.95. The molecule has 0 radical (unpaired) electrons. The van der Waals surface area contributed by atoms with Gasteiger partial charge in [0, 0.05) is 12.3 Å². The summed E-state index contributed by atoms with van der Waals surface area (Å²) < 4.78 is 0. The van der Waals surface area contributed by atoms with Crippen molar-refractivity contribution < 1.29 is 4.79 Å². The van der Waals surface area contributed by atoms with Crippen LogP contribution >= 0.6 is 0 Å². The molecule has 0 unspecified atom stereocenters. The van der Waals surface area contributed by atoms with Gasteiger partial charge in [-0.3, -0.25) is 9.59 Å². The second-order valence-electron chi connectivity index (χ2n) is 2.95. The number of nitrogens with one attached hydrogen (secondary N) is 3. The van der Waals surface area contributed by atoms with E-state index in [9.17, 15) is 9.59 Å². The number of nitrogens with zero attached hydrogens (tertiary/aromatic N) is 3. The average molecular weight is 220 g/mol. The van der Waals surface area contributed by atoms with Crippen molar-refractivity contribution in [3.05, 3.63) is 40.1 Å². The van der Waals surface area contributed by atoms with Gasteiger partial charge in [0.15, 0.2) is 5.82 Å². The number of carbonyl (C=O) groups is 1. The minimum Gasteiger partial charge on any atom is -0.345 e. The Morgan fingerprint density at radius 3 is 2.94 bits per heavy atom. The maximum Gasteiger partial charge on any atom is 0.253 e. The van der Waals surface area contributed by atoms with Crippen LogP contribution in [-0.2, 0) is 6.54 Å². The summed E-state index contributed by atoms with van der Waals surface area (Å²) in [5, 5.41) is 15.5. The smallest absolute Gasteiger partial charge is 0.253 e. The normalized spacial score (nSPS) is 10.0. The fourth-order valence-electron chi connectivity index (χ4n) is 1.07. The van der Waals surface area contributed by atoms with Crippen LogP contribution in [0.2, 0.25) is 0 Å². The van der Waals surface area contributed by atoms with Crippen molar-refractivity contribution in [3.63, 3.8) is 0 Å². The van der Waals surface area contributed by atoms with Crippen molar-refractivity contribution >= 4 is 5.91 Å². The molecule has 0 aliphatic rings. The van der Waals surface area contributed by atoms with E-state index in [2.05, 4.69) is 30.9 Å². The zero-order valence-corrected chi connectivity index (χ0v) is 8.10. The Hall–Kier alpha value is -2.51. The molecule has 0 bridgehead atoms. The number of hydrogen-bond donors (Lipinski definition) is 3. The highest BCUT2D eigenvalue weighted by Gasteiger charge is 2.06. The van der Waals surface area contributed by atoms with E-state index in [1.54, 1.807) is 0 Å². The summed E-state index contributed by atoms with van der Waals surface area (Å²) in [6, 6.07) is 2.72. The average Bonchev–Trinajstić information content (AvgIpc) is 2.80. The molecule has 0 saturated heterocycles. The third-order valence-electron chi connectivity index (χ3n) is 1.84. The van der Waals surface area contributed by atoms with Crippen molar-refractivity contribution in [3.8, 4) is 0 Å². The molecule has 0 atom stereocenters. The summed E-state index contributed by atoms with van der Waals surface area (Å²) >= 11 is 0. The largest absolute Gasteiger partial charge is 0.345 e. The quantitative estimate of drug-likeness (QED) is 0.601. The topological polar surface area (TPSA) is 116 Å². The van der Waals surface area contributed by atoms with Gasteiger partial charge in [0.2, 0.25) is 5.56 Å². The van der Waals surface area contributed by atoms with Gasteiger partial charge < -0.3 is 10.3 Å². The summed E-state index contributed by atoms with van der Waals surface area (Å²) in [6.45, 7) is 0.175. The van der Waals surface area contributed by atoms with Crippen molar-refractivity contribution in [2.24, 2.45) is 0 Å². The van der Waals surface area contributed by atoms with Gasteiger partial charge in [0.1, 0.15) is 0 Å². The number of amides is 1. The maximum atomic E-state index is 11.5. The van der Waals surface area contributed by atoms with Crippen LogP contribution in [-0.4, -0.2) is 31.5 Å². The monoisotopic (exact) mass is 220 g/mol. The molecule has 2 aromatic rings. The summed E-state index contributed by atoms with van der Waals surface area (Å²) in [5.41, 5.74) is 0.109. The number of tetrazole rings is 1. The van der Waals surface area contributed by atoms with Gasteiger partial charge in [-0.05, 0) is 6.07 Å². The third-order valence-corrected chi connectivity index (χ3v) is 1.84. The standard InChI is InChI=1S/C8H8N6O2/c15-7-2-1-5(3-9-7)8(16)10-4-6-11-13-14-12-6/h1-3H,4H2,(H,9,15)(H,10,16)(H,11,12,13,14). The summed E-state index contributed by atoms with van der Waals surface area (Å²) in [6.07, 6.45) is 1.34. The molecule has 2 aromatic heterocycles. The van der Waals surface area contributed by atoms with E-state index in [-0.39, 0.29) is 18.0 Å². The van der Waals surface area contributed by atoms with E-state index < -0.39 is 0 Å². The van der Waals surface area contributed by atoms with Gasteiger partial charge in [0.05, 0.1) is 12.1 Å². The number of aromatic amines is 2. The lowest BCUT2D eigenvalue weighted by atomic mass is 10.3. The van der Waals surface area contributed by atoms with Gasteiger partial charge in [-0.2, -0.15) is 5.21 Å². The Labute approximate surface area is 89.1 Å². The Morgan fingerprint density at radius 1 is 1.44 bits per heavy atom. The van der Waals surface area contributed by atoms with Crippen LogP contribution in [0.3, 0.4) is 0 Å². The SMILES string of the molecule is O=C(NCc1nn[nH]n1)c1ccc(=O)[nH]c1. The Bertz CT molecular complexity index is 511. The predicted octanol–water partition coefficient (Wildman–Crippen LogP) is -1.18. The molecule has 2 heterocycles. The first-order valence-electron chi connectivity index (χ1n) is 4.45. The van der Waals surface area contributed by atoms with Crippen LogP contribution in [0.25, 0.3) is 0 Å². The molecule has 8 nitrogen and oxygen atoms in total. The van der Waals surface area contributed by atoms with E-state index >= 15 is 0 Å². The first-order chi connectivity index (χ1) is 7.75. The zero-order valence-electron chi connectivity index (χ0n) is 8.10. The van der Waals surface area contributed by atoms with E-state index in [0.29, 0.717) is 11.4 Å². The first-order valence-corrected chi connectivity index (χ1v) is 4.45. The molecule has 3 N–H and O–H groups in total. The number of hydrogen-bond acceptors (Lipinski definition) is 5. The number of rotatable bonds is 3. The molecule has 16 heavy (non-hydrogen) atoms. The fourth-order valence-corrected chi connectivity index (χ4v) is 1.07. The Morgan fingerprint density at radius 2 is 2.31 bits per heavy atom. The van der Waals surface area contributed by atoms with Crippen molar-refractivity contribution in [1.29, 1.82) is 0 Å². The van der Waals surface area contributed by atoms with Gasteiger partial charge in [-0.15, -0.1) is 10.2 Å². The van der Waals surface area contributed by atoms with Crippen LogP contribution in [0.15, 0.2) is 23.1 Å². The summed E-state index contributed by atoms with van der Waals surface area (Å²) in [7, 11) is 0. The molecular weight excluding hydrogens is 212 g/mol. The number of aromatic nitrogens is 5. The van der Waals surface area contributed by atoms with Crippen LogP contribution < -0.4 is 10.9 Å². The zero-order chi connectivity index (χ0) is 11.4. The first kappa shape index (κ1) is 10.0. The molecule has 2 rings (SSSR count). The minimum atomic E-state index is -0.318. The van der Waals surface area contributed by atoms with Gasteiger partial charge >= 0.3 is 0 Å². The van der Waals surface area contributed by atoms with E-state index in [4.69, 9.17) is 0 Å². The fraction of sp³-hybridized carbons (Fsp3) is 0.125. The molecule has 0 aromatic carbocycles. The molecule has 0 saturated carbocycles. The predicted molar refractivity (Wildman–Crippen MR) is 52.4 cm³/mol. The molecule has 82 valence electrons. The highest BCUT2D eigenvalue weighted by atomic mass is 16.1. The highest BCUT2D eigenvalue weighted by molar-refractivity contribution is 5.93. The van der Waals surface area contributed by atoms with Crippen LogP contribution in [0.4, 0.5) is 0 Å². The van der Waals surface area contributed by atoms with E-state index in [1.165, 1.54) is 18.3 Å². The lowest BCUT2D eigenvalue weighted by Crippen LogP contribution is -2.24. The van der Waals surface area contributed by atoms with Crippen LogP contribution in [0.1, 0.15) is 16.2 Å². The lowest BCUT2D eigenvalue weighted by Gasteiger charge is -2.00. The third kappa shape index (κ3) is 2.29. The number of H-pyrrole nitrogens is 2. The molecule has 0 spiro atoms. The highest BCUT2D eigenvalue weighted by Crippen LogP contribution is 1.93. The molecular formula is C8H8N6O2. The molecule has 0 fully saturated rings. The Balaban J connectivity index is 1.98. The summed E-state index contributed by atoms with van der Waals surface area (Å²) in [4.78, 5) is 24.7. The molecule has 1 amide bonds. The van der Waals surface area contributed by atoms with Gasteiger partial charge in [0.25, 0.3) is 5.91 Å². The van der Waals surface area contributed by atoms with Crippen LogP contribution in [0.5, 0.6) is 0 Å². The van der Waals surface area contributed by atoms with Crippen molar-refractivity contribution in [1.82, 2.24) is 30.9 Å². The molecule has 8 heteroatoms. The molecule has 0 aliphatic carbocycles. The summed E-state index contributed by atoms with van der Waals surface area (Å²) in [5.74, 6) is 0.0684. The maximum absolute atomic E-state index is 11.5. The van der Waals surface area contributed by atoms with Crippen molar-refractivity contribution in [2.75, 3.05) is 0 Å². The number of carbonyl (C=O) groups excluding carboxylic acids is 1. The second kappa shape index (κ2) is 4.34. The van der Waals surface area contributed by atoms with Gasteiger partial charge in [-0.25, -0.2) is 0 Å². The van der Waals surface area contributed by atoms with Crippen molar-refractivity contribution in [2.45, 2.75) is 6.54 Å². The van der Waals surface area contributed by atoms with Gasteiger partial charge in [-0.1, -0.05) is 5.21 Å². The molecule has 0 aliphatic heterocycles. The number of pyridine rings is 1. The van der Waals surface area contributed by atoms with Crippen LogP contribution in [0, 0.1) is 0 Å². The lowest BCUT2D eigenvalue weighted by molar-refractivity contribution is 0.0949. The minimum absolute atomic E-state index is 0.175.